The minimum atomic E-state index is 0.437. The van der Waals surface area contributed by atoms with E-state index in [2.05, 4.69) is 39.0 Å². The maximum absolute atomic E-state index is 8.94. The molecule has 18 heavy (non-hydrogen) atoms. The number of nitriles is 1. The number of hydrogen-bond donors (Lipinski definition) is 1. The summed E-state index contributed by atoms with van der Waals surface area (Å²) in [5.74, 6) is 0. The Morgan fingerprint density at radius 1 is 1.39 bits per heavy atom. The van der Waals surface area contributed by atoms with Gasteiger partial charge >= 0.3 is 0 Å². The first-order valence-corrected chi connectivity index (χ1v) is 6.69. The molecule has 1 aromatic carbocycles. The molecule has 5 heteroatoms. The summed E-state index contributed by atoms with van der Waals surface area (Å²) in [6.07, 6.45) is 1.61. The van der Waals surface area contributed by atoms with Crippen LogP contribution in [-0.2, 0) is 6.54 Å². The van der Waals surface area contributed by atoms with Gasteiger partial charge in [-0.2, -0.15) is 5.26 Å². The first kappa shape index (κ1) is 13.1. The lowest BCUT2D eigenvalue weighted by Crippen LogP contribution is -2.03. The highest BCUT2D eigenvalue weighted by molar-refractivity contribution is 14.1. The second-order valence-corrected chi connectivity index (χ2v) is 5.25. The fourth-order valence-corrected chi connectivity index (χ4v) is 2.43. The summed E-state index contributed by atoms with van der Waals surface area (Å²) in [4.78, 5) is 4.01. The van der Waals surface area contributed by atoms with Gasteiger partial charge in [0, 0.05) is 21.9 Å². The molecule has 0 atom stereocenters. The zero-order chi connectivity index (χ0) is 13.0. The van der Waals surface area contributed by atoms with Gasteiger partial charge in [0.2, 0.25) is 0 Å². The van der Waals surface area contributed by atoms with Gasteiger partial charge < -0.3 is 5.32 Å². The smallest absolute Gasteiger partial charge is 0.145 e. The van der Waals surface area contributed by atoms with Crippen LogP contribution in [0.1, 0.15) is 11.3 Å². The Hall–Kier alpha value is -1.32. The van der Waals surface area contributed by atoms with E-state index in [1.807, 2.05) is 30.3 Å². The van der Waals surface area contributed by atoms with E-state index in [1.54, 1.807) is 6.20 Å². The van der Waals surface area contributed by atoms with Gasteiger partial charge in [-0.25, -0.2) is 4.98 Å². The SMILES string of the molecule is N#Cc1ncccc1CNc1ccc(I)cc1Cl. The summed E-state index contributed by atoms with van der Waals surface area (Å²) in [7, 11) is 0. The quantitative estimate of drug-likeness (QED) is 0.837. The standard InChI is InChI=1S/C13H9ClIN3/c14-11-6-10(15)3-4-12(11)18-8-9-2-1-5-17-13(9)7-16/h1-6,18H,8H2. The predicted octanol–water partition coefficient (Wildman–Crippen LogP) is 3.82. The highest BCUT2D eigenvalue weighted by Crippen LogP contribution is 2.24. The summed E-state index contributed by atoms with van der Waals surface area (Å²) < 4.78 is 1.09. The topological polar surface area (TPSA) is 48.7 Å². The lowest BCUT2D eigenvalue weighted by molar-refractivity contribution is 1.09. The average molecular weight is 370 g/mol. The monoisotopic (exact) mass is 369 g/mol. The van der Waals surface area contributed by atoms with Crippen molar-refractivity contribution in [2.24, 2.45) is 0 Å². The molecule has 0 spiro atoms. The van der Waals surface area contributed by atoms with Crippen LogP contribution in [-0.4, -0.2) is 4.98 Å². The molecule has 0 aliphatic rings. The van der Waals surface area contributed by atoms with E-state index in [0.29, 0.717) is 17.3 Å². The van der Waals surface area contributed by atoms with Gasteiger partial charge in [0.25, 0.3) is 0 Å². The van der Waals surface area contributed by atoms with Crippen LogP contribution in [0.15, 0.2) is 36.5 Å². The Morgan fingerprint density at radius 2 is 2.22 bits per heavy atom. The first-order valence-electron chi connectivity index (χ1n) is 5.23. The van der Waals surface area contributed by atoms with Crippen molar-refractivity contribution in [2.75, 3.05) is 5.32 Å². The zero-order valence-corrected chi connectivity index (χ0v) is 12.2. The molecule has 3 nitrogen and oxygen atoms in total. The summed E-state index contributed by atoms with van der Waals surface area (Å²) in [6.45, 7) is 0.525. The number of nitrogens with one attached hydrogen (secondary N) is 1. The van der Waals surface area contributed by atoms with E-state index < -0.39 is 0 Å². The fourth-order valence-electron chi connectivity index (χ4n) is 1.51. The fraction of sp³-hybridized carbons (Fsp3) is 0.0769. The van der Waals surface area contributed by atoms with E-state index in [-0.39, 0.29) is 0 Å². The van der Waals surface area contributed by atoms with Crippen LogP contribution in [0.3, 0.4) is 0 Å². The minimum Gasteiger partial charge on any atom is -0.380 e. The molecule has 2 aromatic rings. The van der Waals surface area contributed by atoms with Gasteiger partial charge in [-0.15, -0.1) is 0 Å². The normalized spacial score (nSPS) is 9.83. The third-order valence-electron chi connectivity index (χ3n) is 2.40. The maximum Gasteiger partial charge on any atom is 0.145 e. The Balaban J connectivity index is 2.14. The van der Waals surface area contributed by atoms with Crippen molar-refractivity contribution in [3.8, 4) is 6.07 Å². The average Bonchev–Trinajstić information content (AvgIpc) is 2.38. The largest absolute Gasteiger partial charge is 0.380 e. The highest BCUT2D eigenvalue weighted by atomic mass is 127. The Bertz CT molecular complexity index is 607. The van der Waals surface area contributed by atoms with Crippen molar-refractivity contribution in [2.45, 2.75) is 6.54 Å². The molecular formula is C13H9ClIN3. The molecule has 0 aliphatic heterocycles. The van der Waals surface area contributed by atoms with Crippen LogP contribution in [0.5, 0.6) is 0 Å². The summed E-state index contributed by atoms with van der Waals surface area (Å²) in [5, 5.41) is 12.8. The number of pyridine rings is 1. The van der Waals surface area contributed by atoms with Gasteiger partial charge in [-0.05, 0) is 46.9 Å². The molecule has 1 aromatic heterocycles. The Morgan fingerprint density at radius 3 is 2.94 bits per heavy atom. The van der Waals surface area contributed by atoms with Crippen LogP contribution in [0.25, 0.3) is 0 Å². The number of nitrogens with zero attached hydrogens (tertiary/aromatic N) is 2. The highest BCUT2D eigenvalue weighted by Gasteiger charge is 2.04. The van der Waals surface area contributed by atoms with E-state index in [9.17, 15) is 0 Å². The molecular weight excluding hydrogens is 361 g/mol. The van der Waals surface area contributed by atoms with Crippen molar-refractivity contribution in [1.29, 1.82) is 5.26 Å². The van der Waals surface area contributed by atoms with Crippen LogP contribution < -0.4 is 5.32 Å². The number of halogens is 2. The van der Waals surface area contributed by atoms with Gasteiger partial charge in [0.05, 0.1) is 10.7 Å². The maximum atomic E-state index is 8.94. The molecule has 0 saturated heterocycles. The van der Waals surface area contributed by atoms with E-state index >= 15 is 0 Å². The molecule has 0 fully saturated rings. The Kier molecular flexibility index (Phi) is 4.39. The van der Waals surface area contributed by atoms with Gasteiger partial charge in [-0.1, -0.05) is 17.7 Å². The predicted molar refractivity (Wildman–Crippen MR) is 80.4 cm³/mol. The third-order valence-corrected chi connectivity index (χ3v) is 3.38. The van der Waals surface area contributed by atoms with Crippen molar-refractivity contribution >= 4 is 39.9 Å². The van der Waals surface area contributed by atoms with Crippen LogP contribution in [0.2, 0.25) is 5.02 Å². The number of benzene rings is 1. The molecule has 0 aliphatic carbocycles. The lowest BCUT2D eigenvalue weighted by Gasteiger charge is -2.09. The molecule has 1 N–H and O–H groups in total. The molecule has 0 amide bonds. The molecule has 90 valence electrons. The van der Waals surface area contributed by atoms with Crippen LogP contribution >= 0.6 is 34.2 Å². The second-order valence-electron chi connectivity index (χ2n) is 3.60. The lowest BCUT2D eigenvalue weighted by atomic mass is 10.2. The van der Waals surface area contributed by atoms with Crippen LogP contribution in [0.4, 0.5) is 5.69 Å². The number of anilines is 1. The molecule has 0 unspecified atom stereocenters. The number of rotatable bonds is 3. The van der Waals surface area contributed by atoms with Crippen molar-refractivity contribution in [3.05, 3.63) is 56.4 Å². The summed E-state index contributed by atoms with van der Waals surface area (Å²) in [5.41, 5.74) is 2.14. The van der Waals surface area contributed by atoms with Gasteiger partial charge in [0.15, 0.2) is 0 Å². The second kappa shape index (κ2) is 6.03. The Labute approximate surface area is 124 Å². The van der Waals surface area contributed by atoms with Crippen molar-refractivity contribution in [1.82, 2.24) is 4.98 Å². The van der Waals surface area contributed by atoms with Gasteiger partial charge in [0.1, 0.15) is 11.8 Å². The first-order chi connectivity index (χ1) is 8.70. The number of hydrogen-bond acceptors (Lipinski definition) is 3. The van der Waals surface area contributed by atoms with E-state index in [1.165, 1.54) is 0 Å². The van der Waals surface area contributed by atoms with Gasteiger partial charge in [-0.3, -0.25) is 0 Å². The third kappa shape index (κ3) is 3.12. The molecule has 1 heterocycles. The zero-order valence-electron chi connectivity index (χ0n) is 9.32. The molecule has 2 rings (SSSR count). The van der Waals surface area contributed by atoms with Crippen molar-refractivity contribution in [3.63, 3.8) is 0 Å². The number of aromatic nitrogens is 1. The van der Waals surface area contributed by atoms with E-state index in [0.717, 1.165) is 14.8 Å². The van der Waals surface area contributed by atoms with Crippen LogP contribution in [0, 0.1) is 14.9 Å². The molecule has 0 saturated carbocycles. The summed E-state index contributed by atoms with van der Waals surface area (Å²) in [6, 6.07) is 11.5. The minimum absolute atomic E-state index is 0.437. The molecule has 0 radical (unpaired) electrons. The summed E-state index contributed by atoms with van der Waals surface area (Å²) >= 11 is 8.33. The molecule has 0 bridgehead atoms. The van der Waals surface area contributed by atoms with Crippen molar-refractivity contribution < 1.29 is 0 Å². The van der Waals surface area contributed by atoms with E-state index in [4.69, 9.17) is 16.9 Å².